The fourth-order valence-corrected chi connectivity index (χ4v) is 4.31. The number of rotatable bonds is 5. The second kappa shape index (κ2) is 8.13. The number of nitrogens with zero attached hydrogens (tertiary/aromatic N) is 4. The van der Waals surface area contributed by atoms with E-state index in [4.69, 9.17) is 11.6 Å². The predicted molar refractivity (Wildman–Crippen MR) is 115 cm³/mol. The zero-order valence-corrected chi connectivity index (χ0v) is 18.0. The Morgan fingerprint density at radius 1 is 1.07 bits per heavy atom. The van der Waals surface area contributed by atoms with Crippen molar-refractivity contribution in [2.45, 2.75) is 38.1 Å². The largest absolute Gasteiger partial charge is 0.253 e. The van der Waals surface area contributed by atoms with Crippen molar-refractivity contribution in [2.75, 3.05) is 0 Å². The van der Waals surface area contributed by atoms with E-state index in [1.165, 1.54) is 23.3 Å². The van der Waals surface area contributed by atoms with Gasteiger partial charge in [-0.3, -0.25) is 0 Å². The van der Waals surface area contributed by atoms with Crippen molar-refractivity contribution in [1.29, 1.82) is 0 Å². The second-order valence-electron chi connectivity index (χ2n) is 7.06. The van der Waals surface area contributed by atoms with E-state index in [1.54, 1.807) is 22.3 Å². The van der Waals surface area contributed by atoms with Gasteiger partial charge in [0.2, 0.25) is 5.16 Å². The third kappa shape index (κ3) is 4.28. The maximum absolute atomic E-state index is 13.4. The molecule has 2 aromatic heterocycles. The molecule has 29 heavy (non-hydrogen) atoms. The van der Waals surface area contributed by atoms with E-state index in [1.807, 2.05) is 13.8 Å². The van der Waals surface area contributed by atoms with Crippen molar-refractivity contribution in [1.82, 2.24) is 19.6 Å². The molecule has 0 aliphatic heterocycles. The number of benzene rings is 2. The molecule has 0 saturated carbocycles. The van der Waals surface area contributed by atoms with Gasteiger partial charge in [-0.15, -0.1) is 5.10 Å². The number of thioether (sulfide) groups is 1. The van der Waals surface area contributed by atoms with Crippen LogP contribution in [0.5, 0.6) is 0 Å². The number of fused-ring (bicyclic) bond motifs is 1. The average Bonchev–Trinajstić information content (AvgIpc) is 3.08. The summed E-state index contributed by atoms with van der Waals surface area (Å²) in [5.74, 6) is 1.04. The van der Waals surface area contributed by atoms with Crippen molar-refractivity contribution in [3.63, 3.8) is 0 Å². The molecule has 0 unspecified atom stereocenters. The number of aryl methyl sites for hydroxylation is 3. The van der Waals surface area contributed by atoms with E-state index in [-0.39, 0.29) is 5.82 Å². The van der Waals surface area contributed by atoms with Crippen LogP contribution < -0.4 is 0 Å². The summed E-state index contributed by atoms with van der Waals surface area (Å²) in [6, 6.07) is 12.9. The summed E-state index contributed by atoms with van der Waals surface area (Å²) < 4.78 is 15.1. The molecule has 0 amide bonds. The first-order valence-corrected chi connectivity index (χ1v) is 10.6. The Morgan fingerprint density at radius 2 is 1.90 bits per heavy atom. The first-order valence-electron chi connectivity index (χ1n) is 9.26. The second-order valence-corrected chi connectivity index (χ2v) is 8.41. The Kier molecular flexibility index (Phi) is 5.56. The van der Waals surface area contributed by atoms with Crippen molar-refractivity contribution >= 4 is 29.1 Å². The Hall–Kier alpha value is -2.44. The third-order valence-electron chi connectivity index (χ3n) is 4.86. The van der Waals surface area contributed by atoms with Gasteiger partial charge in [0.15, 0.2) is 0 Å². The van der Waals surface area contributed by atoms with Crippen LogP contribution in [0, 0.1) is 26.6 Å². The van der Waals surface area contributed by atoms with Crippen LogP contribution in [0.2, 0.25) is 5.02 Å². The monoisotopic (exact) mass is 426 g/mol. The van der Waals surface area contributed by atoms with Crippen LogP contribution >= 0.6 is 23.4 Å². The molecule has 148 valence electrons. The minimum absolute atomic E-state index is 0.340. The Labute approximate surface area is 178 Å². The average molecular weight is 427 g/mol. The Morgan fingerprint density at radius 3 is 2.66 bits per heavy atom. The molecule has 2 aromatic carbocycles. The molecule has 4 nitrogen and oxygen atoms in total. The maximum atomic E-state index is 13.4. The van der Waals surface area contributed by atoms with E-state index in [0.717, 1.165) is 28.3 Å². The molecule has 0 spiro atoms. The van der Waals surface area contributed by atoms with E-state index in [9.17, 15) is 4.39 Å². The third-order valence-corrected chi connectivity index (χ3v) is 6.12. The van der Waals surface area contributed by atoms with Gasteiger partial charge in [0.25, 0.3) is 5.78 Å². The standard InChI is InChI=1S/C22H20ClFN4S/c1-13-5-4-6-16(9-13)12-29-22-26-21-25-14(2)19(15(3)28(21)27-22)10-17-7-8-18(24)11-20(17)23/h4-9,11H,10,12H2,1-3H3. The summed E-state index contributed by atoms with van der Waals surface area (Å²) in [5.41, 5.74) is 6.19. The van der Waals surface area contributed by atoms with Gasteiger partial charge in [-0.1, -0.05) is 59.3 Å². The fourth-order valence-electron chi connectivity index (χ4n) is 3.31. The molecule has 0 atom stereocenters. The molecule has 0 radical (unpaired) electrons. The highest BCUT2D eigenvalue weighted by molar-refractivity contribution is 7.98. The molecule has 0 saturated heterocycles. The fraction of sp³-hybridized carbons (Fsp3) is 0.227. The van der Waals surface area contributed by atoms with Crippen molar-refractivity contribution in [2.24, 2.45) is 0 Å². The lowest BCUT2D eigenvalue weighted by molar-refractivity contribution is 0.627. The summed E-state index contributed by atoms with van der Waals surface area (Å²) in [7, 11) is 0. The number of hydrogen-bond donors (Lipinski definition) is 0. The number of aromatic nitrogens is 4. The maximum Gasteiger partial charge on any atom is 0.253 e. The van der Waals surface area contributed by atoms with Crippen LogP contribution in [0.1, 0.15) is 33.6 Å². The van der Waals surface area contributed by atoms with Crippen LogP contribution in [-0.2, 0) is 12.2 Å². The highest BCUT2D eigenvalue weighted by Crippen LogP contribution is 2.25. The summed E-state index contributed by atoms with van der Waals surface area (Å²) in [5, 5.41) is 5.75. The molecule has 4 aromatic rings. The normalized spacial score (nSPS) is 11.3. The highest BCUT2D eigenvalue weighted by Gasteiger charge is 2.15. The van der Waals surface area contributed by atoms with Crippen molar-refractivity contribution in [3.8, 4) is 0 Å². The van der Waals surface area contributed by atoms with Gasteiger partial charge in [-0.05, 0) is 49.6 Å². The van der Waals surface area contributed by atoms with Crippen LogP contribution in [0.3, 0.4) is 0 Å². The lowest BCUT2D eigenvalue weighted by Gasteiger charge is -2.11. The molecule has 2 heterocycles. The smallest absolute Gasteiger partial charge is 0.216 e. The topological polar surface area (TPSA) is 43.1 Å². The lowest BCUT2D eigenvalue weighted by atomic mass is 10.0. The summed E-state index contributed by atoms with van der Waals surface area (Å²) in [4.78, 5) is 9.21. The van der Waals surface area contributed by atoms with Gasteiger partial charge in [0.1, 0.15) is 5.82 Å². The lowest BCUT2D eigenvalue weighted by Crippen LogP contribution is -2.06. The van der Waals surface area contributed by atoms with Gasteiger partial charge in [0, 0.05) is 28.6 Å². The first-order chi connectivity index (χ1) is 13.9. The molecule has 0 aliphatic rings. The highest BCUT2D eigenvalue weighted by atomic mass is 35.5. The molecular formula is C22H20ClFN4S. The minimum Gasteiger partial charge on any atom is -0.216 e. The van der Waals surface area contributed by atoms with Gasteiger partial charge in [-0.2, -0.15) is 4.98 Å². The van der Waals surface area contributed by atoms with E-state index in [0.29, 0.717) is 22.4 Å². The molecule has 0 aliphatic carbocycles. The van der Waals surface area contributed by atoms with Crippen molar-refractivity contribution < 1.29 is 4.39 Å². The Balaban J connectivity index is 1.62. The number of hydrogen-bond acceptors (Lipinski definition) is 4. The van der Waals surface area contributed by atoms with E-state index in [2.05, 4.69) is 46.3 Å². The predicted octanol–water partition coefficient (Wildman–Crippen LogP) is 5.73. The summed E-state index contributed by atoms with van der Waals surface area (Å²) >= 11 is 7.81. The Bertz CT molecular complexity index is 1210. The van der Waals surface area contributed by atoms with Crippen LogP contribution in [0.25, 0.3) is 5.78 Å². The number of halogens is 2. The van der Waals surface area contributed by atoms with Gasteiger partial charge in [-0.25, -0.2) is 13.9 Å². The first kappa shape index (κ1) is 19.9. The van der Waals surface area contributed by atoms with Crippen molar-refractivity contribution in [3.05, 3.63) is 86.9 Å². The summed E-state index contributed by atoms with van der Waals surface area (Å²) in [6.45, 7) is 6.04. The summed E-state index contributed by atoms with van der Waals surface area (Å²) in [6.07, 6.45) is 0.561. The molecule has 4 rings (SSSR count). The van der Waals surface area contributed by atoms with Gasteiger partial charge < -0.3 is 0 Å². The minimum atomic E-state index is -0.340. The molecule has 0 N–H and O–H groups in total. The SMILES string of the molecule is Cc1cccc(CSc2nc3nc(C)c(Cc4ccc(F)cc4Cl)c(C)n3n2)c1. The molecule has 0 bridgehead atoms. The van der Waals surface area contributed by atoms with Crippen LogP contribution in [-0.4, -0.2) is 19.6 Å². The molecule has 7 heteroatoms. The van der Waals surface area contributed by atoms with Gasteiger partial charge >= 0.3 is 0 Å². The van der Waals surface area contributed by atoms with Gasteiger partial charge in [0.05, 0.1) is 0 Å². The zero-order valence-electron chi connectivity index (χ0n) is 16.4. The van der Waals surface area contributed by atoms with E-state index < -0.39 is 0 Å². The van der Waals surface area contributed by atoms with Crippen LogP contribution in [0.15, 0.2) is 47.6 Å². The zero-order chi connectivity index (χ0) is 20.5. The molecular weight excluding hydrogens is 407 g/mol. The molecule has 0 fully saturated rings. The quantitative estimate of drug-likeness (QED) is 0.382. The van der Waals surface area contributed by atoms with E-state index >= 15 is 0 Å². The van der Waals surface area contributed by atoms with Crippen LogP contribution in [0.4, 0.5) is 4.39 Å².